The molecule has 5 N–H and O–H groups in total. The molecule has 1 fully saturated rings. The minimum Gasteiger partial charge on any atom is -0.387 e. The van der Waals surface area contributed by atoms with E-state index in [1.165, 1.54) is 17.2 Å². The lowest BCUT2D eigenvalue weighted by Crippen LogP contribution is -2.31. The Bertz CT molecular complexity index is 1180. The van der Waals surface area contributed by atoms with Crippen LogP contribution in [-0.2, 0) is 9.30 Å². The maximum atomic E-state index is 12.4. The van der Waals surface area contributed by atoms with Crippen LogP contribution in [0.4, 0.5) is 5.82 Å². The number of carbonyl (C=O) groups excluding carboxylic acids is 1. The van der Waals surface area contributed by atoms with Crippen molar-refractivity contribution in [3.63, 3.8) is 0 Å². The minimum absolute atomic E-state index is 0.191. The maximum absolute atomic E-state index is 12.4. The van der Waals surface area contributed by atoms with Crippen molar-refractivity contribution in [2.24, 2.45) is 0 Å². The van der Waals surface area contributed by atoms with Gasteiger partial charge in [-0.3, -0.25) is 9.36 Å². The van der Waals surface area contributed by atoms with Gasteiger partial charge < -0.3 is 30.1 Å². The summed E-state index contributed by atoms with van der Waals surface area (Å²) in [5.41, 5.74) is 0.647. The average Bonchev–Trinajstić information content (AvgIpc) is 3.29. The Labute approximate surface area is 175 Å². The number of nitrogens with one attached hydrogen (secondary N) is 1. The molecule has 1 amide bonds. The molecule has 2 aromatic heterocycles. The monoisotopic (exact) mass is 447 g/mol. The number of nitrogens with zero attached hydrogens (tertiary/aromatic N) is 4. The van der Waals surface area contributed by atoms with Crippen LogP contribution in [0.1, 0.15) is 16.6 Å². The number of fused-ring (bicyclic) bond motifs is 1. The topological polar surface area (TPSA) is 180 Å². The maximum Gasteiger partial charge on any atom is 0.348 e. The summed E-state index contributed by atoms with van der Waals surface area (Å²) in [6.07, 6.45) is -1.71. The molecular formula is C18H18N5O7P. The number of amides is 1. The van der Waals surface area contributed by atoms with Crippen LogP contribution < -0.4 is 5.32 Å². The Morgan fingerprint density at radius 2 is 1.90 bits per heavy atom. The van der Waals surface area contributed by atoms with Gasteiger partial charge in [-0.2, -0.15) is 5.10 Å². The average molecular weight is 447 g/mol. The Hall–Kier alpha value is -2.99. The van der Waals surface area contributed by atoms with Gasteiger partial charge in [0.15, 0.2) is 11.9 Å². The SMILES string of the molecule is O=C(Nc1ncnc2c1cnn2[C@@H]1O[C@H](C=CP(=O)(O)O)[C@@H](O)[C@H]1O)c1ccccc1. The molecule has 0 unspecified atom stereocenters. The van der Waals surface area contributed by atoms with Crippen molar-refractivity contribution in [2.45, 2.75) is 24.5 Å². The molecule has 13 heteroatoms. The highest BCUT2D eigenvalue weighted by Gasteiger charge is 2.44. The quantitative estimate of drug-likeness (QED) is 0.343. The predicted molar refractivity (Wildman–Crippen MR) is 107 cm³/mol. The van der Waals surface area contributed by atoms with Crippen molar-refractivity contribution in [3.8, 4) is 0 Å². The predicted octanol–water partition coefficient (Wildman–Crippen LogP) is 0.389. The van der Waals surface area contributed by atoms with Gasteiger partial charge in [-0.1, -0.05) is 18.2 Å². The van der Waals surface area contributed by atoms with Crippen LogP contribution in [0, 0.1) is 0 Å². The van der Waals surface area contributed by atoms with Crippen LogP contribution in [0.15, 0.2) is 54.7 Å². The fraction of sp³-hybridized carbons (Fsp3) is 0.222. The third-order valence-corrected chi connectivity index (χ3v) is 5.21. The molecule has 12 nitrogen and oxygen atoms in total. The van der Waals surface area contributed by atoms with Crippen molar-refractivity contribution in [1.82, 2.24) is 19.7 Å². The van der Waals surface area contributed by atoms with Crippen molar-refractivity contribution in [3.05, 3.63) is 60.3 Å². The Morgan fingerprint density at radius 3 is 2.61 bits per heavy atom. The molecule has 1 saturated heterocycles. The molecule has 3 aromatic rings. The van der Waals surface area contributed by atoms with E-state index in [1.54, 1.807) is 30.3 Å². The van der Waals surface area contributed by atoms with Gasteiger partial charge in [0.1, 0.15) is 30.5 Å². The van der Waals surface area contributed by atoms with Crippen LogP contribution in [-0.4, -0.2) is 64.0 Å². The molecule has 0 saturated carbocycles. The number of aliphatic hydroxyl groups excluding tert-OH is 2. The first-order valence-electron chi connectivity index (χ1n) is 9.05. The van der Waals surface area contributed by atoms with Gasteiger partial charge in [0.2, 0.25) is 0 Å². The summed E-state index contributed by atoms with van der Waals surface area (Å²) in [5, 5.41) is 27.7. The Morgan fingerprint density at radius 1 is 1.16 bits per heavy atom. The van der Waals surface area contributed by atoms with E-state index in [-0.39, 0.29) is 17.4 Å². The number of ether oxygens (including phenoxy) is 1. The van der Waals surface area contributed by atoms with Crippen LogP contribution >= 0.6 is 7.60 Å². The molecule has 0 bridgehead atoms. The Kier molecular flexibility index (Phi) is 5.67. The molecule has 1 aliphatic heterocycles. The number of aromatic nitrogens is 4. The molecule has 3 heterocycles. The number of hydrogen-bond acceptors (Lipinski definition) is 8. The second kappa shape index (κ2) is 8.27. The summed E-state index contributed by atoms with van der Waals surface area (Å²) in [7, 11) is -4.47. The molecule has 0 aliphatic carbocycles. The van der Waals surface area contributed by atoms with E-state index in [1.807, 2.05) is 0 Å². The first kappa shape index (κ1) is 21.2. The summed E-state index contributed by atoms with van der Waals surface area (Å²) in [6.45, 7) is 0. The van der Waals surface area contributed by atoms with Crippen LogP contribution in [0.25, 0.3) is 11.0 Å². The molecule has 1 aliphatic rings. The van der Waals surface area contributed by atoms with E-state index < -0.39 is 32.1 Å². The van der Waals surface area contributed by atoms with Gasteiger partial charge in [-0.15, -0.1) is 0 Å². The van der Waals surface area contributed by atoms with Gasteiger partial charge in [-0.25, -0.2) is 14.6 Å². The largest absolute Gasteiger partial charge is 0.387 e. The van der Waals surface area contributed by atoms with Crippen molar-refractivity contribution >= 4 is 30.4 Å². The van der Waals surface area contributed by atoms with Gasteiger partial charge in [-0.05, 0) is 18.2 Å². The van der Waals surface area contributed by atoms with Crippen molar-refractivity contribution in [2.75, 3.05) is 5.32 Å². The van der Waals surface area contributed by atoms with E-state index in [0.29, 0.717) is 16.8 Å². The van der Waals surface area contributed by atoms with Crippen molar-refractivity contribution < 1.29 is 34.1 Å². The van der Waals surface area contributed by atoms with E-state index in [2.05, 4.69) is 20.4 Å². The highest BCUT2D eigenvalue weighted by atomic mass is 31.2. The molecule has 0 spiro atoms. The number of carbonyl (C=O) groups is 1. The fourth-order valence-electron chi connectivity index (χ4n) is 3.16. The normalized spacial score (nSPS) is 24.1. The van der Waals surface area contributed by atoms with Crippen LogP contribution in [0.3, 0.4) is 0 Å². The zero-order valence-corrected chi connectivity index (χ0v) is 16.6. The van der Waals surface area contributed by atoms with E-state index in [0.717, 1.165) is 6.08 Å². The third kappa shape index (κ3) is 4.39. The third-order valence-electron chi connectivity index (χ3n) is 4.65. The van der Waals surface area contributed by atoms with Gasteiger partial charge >= 0.3 is 7.60 Å². The second-order valence-electron chi connectivity index (χ2n) is 6.77. The van der Waals surface area contributed by atoms with E-state index in [9.17, 15) is 19.6 Å². The highest BCUT2D eigenvalue weighted by Crippen LogP contribution is 2.38. The standard InChI is InChI=1S/C18H18N5O7P/c24-13-12(6-7-31(27,28)29)30-18(14(13)25)23-16-11(8-21-23)15(19-9-20-16)22-17(26)10-4-2-1-3-5-10/h1-9,12-14,18,24-25H,(H2,27,28,29)(H,19,20,22,26)/t12-,13-,14-,18-/m1/s1. The zero-order valence-electron chi connectivity index (χ0n) is 15.8. The lowest BCUT2D eigenvalue weighted by molar-refractivity contribution is -0.0318. The van der Waals surface area contributed by atoms with E-state index >= 15 is 0 Å². The smallest absolute Gasteiger partial charge is 0.348 e. The van der Waals surface area contributed by atoms with Crippen LogP contribution in [0.5, 0.6) is 0 Å². The number of anilines is 1. The summed E-state index contributed by atoms with van der Waals surface area (Å²) in [6, 6.07) is 8.53. The summed E-state index contributed by atoms with van der Waals surface area (Å²) < 4.78 is 17.8. The van der Waals surface area contributed by atoms with Crippen LogP contribution in [0.2, 0.25) is 0 Å². The summed E-state index contributed by atoms with van der Waals surface area (Å²) >= 11 is 0. The fourth-order valence-corrected chi connectivity index (χ4v) is 3.55. The molecular weight excluding hydrogens is 429 g/mol. The molecule has 4 rings (SSSR count). The minimum atomic E-state index is -4.47. The van der Waals surface area contributed by atoms with Crippen molar-refractivity contribution in [1.29, 1.82) is 0 Å². The number of hydrogen-bond donors (Lipinski definition) is 5. The highest BCUT2D eigenvalue weighted by molar-refractivity contribution is 7.55. The van der Waals surface area contributed by atoms with E-state index in [4.69, 9.17) is 14.5 Å². The van der Waals surface area contributed by atoms with Gasteiger partial charge in [0.05, 0.1) is 11.6 Å². The molecule has 0 radical (unpaired) electrons. The first-order valence-corrected chi connectivity index (χ1v) is 10.7. The van der Waals surface area contributed by atoms with Gasteiger partial charge in [0.25, 0.3) is 5.91 Å². The lowest BCUT2D eigenvalue weighted by atomic mass is 10.1. The zero-order chi connectivity index (χ0) is 22.2. The summed E-state index contributed by atoms with van der Waals surface area (Å²) in [5.74, 6) is 0.399. The first-order chi connectivity index (χ1) is 14.7. The molecule has 31 heavy (non-hydrogen) atoms. The number of rotatable bonds is 5. The Balaban J connectivity index is 1.61. The number of benzene rings is 1. The van der Waals surface area contributed by atoms with Gasteiger partial charge in [0, 0.05) is 11.4 Å². The second-order valence-corrected chi connectivity index (χ2v) is 8.25. The number of aliphatic hydroxyl groups is 2. The lowest BCUT2D eigenvalue weighted by Gasteiger charge is -2.15. The molecule has 162 valence electrons. The molecule has 4 atom stereocenters. The summed E-state index contributed by atoms with van der Waals surface area (Å²) in [4.78, 5) is 38.6. The molecule has 1 aromatic carbocycles.